The van der Waals surface area contributed by atoms with E-state index in [0.29, 0.717) is 0 Å². The lowest BCUT2D eigenvalue weighted by Crippen LogP contribution is -2.16. The predicted octanol–water partition coefficient (Wildman–Crippen LogP) is 2.39. The van der Waals surface area contributed by atoms with E-state index in [2.05, 4.69) is 10.3 Å². The van der Waals surface area contributed by atoms with Gasteiger partial charge in [0.25, 0.3) is 5.91 Å². The van der Waals surface area contributed by atoms with E-state index in [4.69, 9.17) is 4.74 Å². The molecule has 5 heteroatoms. The summed E-state index contributed by atoms with van der Waals surface area (Å²) in [7, 11) is 1.51. The minimum absolute atomic E-state index is 0.0875. The lowest BCUT2D eigenvalue weighted by Gasteiger charge is -2.06. The molecule has 1 aromatic rings. The van der Waals surface area contributed by atoms with Crippen LogP contribution in [0.2, 0.25) is 0 Å². The standard InChI is InChI=1S/C12H18N2O2S/c1-16-8-11(15)14-12-13-9-6-4-2-3-5-7-10(9)17-12/h2-8H2,1H3,(H,13,14,15). The predicted molar refractivity (Wildman–Crippen MR) is 68.5 cm³/mol. The maximum atomic E-state index is 11.4. The summed E-state index contributed by atoms with van der Waals surface area (Å²) in [6.45, 7) is 0.0875. The molecule has 0 atom stereocenters. The number of aryl methyl sites for hydroxylation is 2. The molecule has 1 aliphatic carbocycles. The van der Waals surface area contributed by atoms with E-state index < -0.39 is 0 Å². The van der Waals surface area contributed by atoms with Gasteiger partial charge in [-0.1, -0.05) is 12.8 Å². The van der Waals surface area contributed by atoms with E-state index in [-0.39, 0.29) is 12.5 Å². The van der Waals surface area contributed by atoms with Crippen LogP contribution < -0.4 is 5.32 Å². The molecular weight excluding hydrogens is 236 g/mol. The third kappa shape index (κ3) is 3.51. The van der Waals surface area contributed by atoms with Gasteiger partial charge in [-0.3, -0.25) is 10.1 Å². The summed E-state index contributed by atoms with van der Waals surface area (Å²) in [5.74, 6) is -0.130. The number of nitrogens with zero attached hydrogens (tertiary/aromatic N) is 1. The van der Waals surface area contributed by atoms with Gasteiger partial charge in [0.05, 0.1) is 5.69 Å². The first-order chi connectivity index (χ1) is 8.29. The van der Waals surface area contributed by atoms with E-state index in [1.54, 1.807) is 11.3 Å². The van der Waals surface area contributed by atoms with Crippen LogP contribution in [0.15, 0.2) is 0 Å². The third-order valence-corrected chi connectivity index (χ3v) is 3.94. The van der Waals surface area contributed by atoms with Gasteiger partial charge in [-0.25, -0.2) is 4.98 Å². The summed E-state index contributed by atoms with van der Waals surface area (Å²) in [6, 6.07) is 0. The van der Waals surface area contributed by atoms with Gasteiger partial charge in [0.1, 0.15) is 6.61 Å². The van der Waals surface area contributed by atoms with Crippen molar-refractivity contribution in [2.75, 3.05) is 19.0 Å². The van der Waals surface area contributed by atoms with Crippen LogP contribution in [0, 0.1) is 0 Å². The molecule has 1 aromatic heterocycles. The maximum absolute atomic E-state index is 11.4. The highest BCUT2D eigenvalue weighted by Crippen LogP contribution is 2.28. The molecule has 0 saturated carbocycles. The Morgan fingerprint density at radius 1 is 1.35 bits per heavy atom. The molecule has 2 rings (SSSR count). The van der Waals surface area contributed by atoms with E-state index in [1.165, 1.54) is 43.4 Å². The second kappa shape index (κ2) is 6.12. The quantitative estimate of drug-likeness (QED) is 0.901. The Hall–Kier alpha value is -0.940. The first-order valence-electron chi connectivity index (χ1n) is 6.07. The molecule has 0 aromatic carbocycles. The van der Waals surface area contributed by atoms with Gasteiger partial charge in [0.2, 0.25) is 0 Å². The molecule has 17 heavy (non-hydrogen) atoms. The second-order valence-electron chi connectivity index (χ2n) is 4.28. The fourth-order valence-electron chi connectivity index (χ4n) is 2.05. The average Bonchev–Trinajstić information content (AvgIpc) is 2.60. The minimum Gasteiger partial charge on any atom is -0.375 e. The summed E-state index contributed by atoms with van der Waals surface area (Å²) in [4.78, 5) is 17.2. The molecule has 1 N–H and O–H groups in total. The number of rotatable bonds is 3. The van der Waals surface area contributed by atoms with Crippen molar-refractivity contribution in [2.45, 2.75) is 38.5 Å². The van der Waals surface area contributed by atoms with Crippen LogP contribution in [0.25, 0.3) is 0 Å². The fraction of sp³-hybridized carbons (Fsp3) is 0.667. The van der Waals surface area contributed by atoms with Gasteiger partial charge >= 0.3 is 0 Å². The van der Waals surface area contributed by atoms with E-state index in [9.17, 15) is 4.79 Å². The molecular formula is C12H18N2O2S. The fourth-order valence-corrected chi connectivity index (χ4v) is 3.11. The Balaban J connectivity index is 2.04. The van der Waals surface area contributed by atoms with Crippen molar-refractivity contribution in [3.63, 3.8) is 0 Å². The van der Waals surface area contributed by atoms with E-state index >= 15 is 0 Å². The molecule has 4 nitrogen and oxygen atoms in total. The van der Waals surface area contributed by atoms with Crippen LogP contribution in [0.3, 0.4) is 0 Å². The lowest BCUT2D eigenvalue weighted by atomic mass is 10.0. The monoisotopic (exact) mass is 254 g/mol. The van der Waals surface area contributed by atoms with Gasteiger partial charge in [0, 0.05) is 12.0 Å². The number of carbonyl (C=O) groups excluding carboxylic acids is 1. The van der Waals surface area contributed by atoms with Crippen molar-refractivity contribution in [2.24, 2.45) is 0 Å². The molecule has 1 amide bonds. The summed E-state index contributed by atoms with van der Waals surface area (Å²) in [5, 5.41) is 3.51. The van der Waals surface area contributed by atoms with Crippen molar-refractivity contribution in [1.29, 1.82) is 0 Å². The van der Waals surface area contributed by atoms with Crippen LogP contribution in [0.4, 0.5) is 5.13 Å². The van der Waals surface area contributed by atoms with Gasteiger partial charge in [-0.2, -0.15) is 0 Å². The van der Waals surface area contributed by atoms with Gasteiger partial charge in [-0.05, 0) is 25.7 Å². The second-order valence-corrected chi connectivity index (χ2v) is 5.37. The van der Waals surface area contributed by atoms with Crippen molar-refractivity contribution in [3.8, 4) is 0 Å². The van der Waals surface area contributed by atoms with Crippen LogP contribution in [-0.2, 0) is 22.4 Å². The number of hydrogen-bond acceptors (Lipinski definition) is 4. The van der Waals surface area contributed by atoms with Crippen molar-refractivity contribution < 1.29 is 9.53 Å². The van der Waals surface area contributed by atoms with Crippen molar-refractivity contribution in [1.82, 2.24) is 4.98 Å². The number of aromatic nitrogens is 1. The Morgan fingerprint density at radius 3 is 2.88 bits per heavy atom. The molecule has 0 aliphatic heterocycles. The van der Waals surface area contributed by atoms with Crippen LogP contribution in [-0.4, -0.2) is 24.6 Å². The highest BCUT2D eigenvalue weighted by Gasteiger charge is 2.14. The van der Waals surface area contributed by atoms with Gasteiger partial charge < -0.3 is 4.74 Å². The minimum atomic E-state index is -0.130. The SMILES string of the molecule is COCC(=O)Nc1nc2c(s1)CCCCCC2. The van der Waals surface area contributed by atoms with Crippen LogP contribution in [0.1, 0.15) is 36.3 Å². The normalized spacial score (nSPS) is 15.8. The average molecular weight is 254 g/mol. The Labute approximate surface area is 105 Å². The van der Waals surface area contributed by atoms with Gasteiger partial charge in [-0.15, -0.1) is 11.3 Å². The third-order valence-electron chi connectivity index (χ3n) is 2.87. The zero-order valence-corrected chi connectivity index (χ0v) is 10.9. The zero-order valence-electron chi connectivity index (χ0n) is 10.1. The first-order valence-corrected chi connectivity index (χ1v) is 6.88. The van der Waals surface area contributed by atoms with E-state index in [1.807, 2.05) is 0 Å². The zero-order chi connectivity index (χ0) is 12.1. The molecule has 0 unspecified atom stereocenters. The summed E-state index contributed by atoms with van der Waals surface area (Å²) in [6.07, 6.45) is 7.20. The molecule has 94 valence electrons. The molecule has 1 heterocycles. The number of hydrogen-bond donors (Lipinski definition) is 1. The van der Waals surface area contributed by atoms with Crippen LogP contribution >= 0.6 is 11.3 Å². The van der Waals surface area contributed by atoms with Crippen molar-refractivity contribution in [3.05, 3.63) is 10.6 Å². The number of fused-ring (bicyclic) bond motifs is 1. The number of nitrogens with one attached hydrogen (secondary N) is 1. The number of carbonyl (C=O) groups is 1. The molecule has 0 spiro atoms. The lowest BCUT2D eigenvalue weighted by molar-refractivity contribution is -0.119. The highest BCUT2D eigenvalue weighted by atomic mass is 32.1. The molecule has 0 bridgehead atoms. The molecule has 0 radical (unpaired) electrons. The van der Waals surface area contributed by atoms with Crippen LogP contribution in [0.5, 0.6) is 0 Å². The topological polar surface area (TPSA) is 51.2 Å². The molecule has 0 saturated heterocycles. The summed E-state index contributed by atoms with van der Waals surface area (Å²) in [5.41, 5.74) is 1.18. The molecule has 0 fully saturated rings. The summed E-state index contributed by atoms with van der Waals surface area (Å²) >= 11 is 1.61. The number of methoxy groups -OCH3 is 1. The van der Waals surface area contributed by atoms with Crippen molar-refractivity contribution >= 4 is 22.4 Å². The number of anilines is 1. The Bertz CT molecular complexity index is 364. The highest BCUT2D eigenvalue weighted by molar-refractivity contribution is 7.15. The molecule has 1 aliphatic rings. The number of amides is 1. The Kier molecular flexibility index (Phi) is 4.50. The van der Waals surface area contributed by atoms with E-state index in [0.717, 1.165) is 18.0 Å². The Morgan fingerprint density at radius 2 is 2.12 bits per heavy atom. The summed E-state index contributed by atoms with van der Waals surface area (Å²) < 4.78 is 4.78. The van der Waals surface area contributed by atoms with Gasteiger partial charge in [0.15, 0.2) is 5.13 Å². The maximum Gasteiger partial charge on any atom is 0.252 e. The number of ether oxygens (including phenoxy) is 1. The smallest absolute Gasteiger partial charge is 0.252 e. The number of thiazole rings is 1. The first kappa shape index (κ1) is 12.5. The largest absolute Gasteiger partial charge is 0.375 e.